The Balaban J connectivity index is 0.00000240. The molecule has 162 valence electrons. The van der Waals surface area contributed by atoms with Crippen LogP contribution in [0.2, 0.25) is 0 Å². The Morgan fingerprint density at radius 2 is 1.72 bits per heavy atom. The molecule has 0 spiro atoms. The van der Waals surface area contributed by atoms with E-state index in [0.29, 0.717) is 44.0 Å². The first-order valence-corrected chi connectivity index (χ1v) is 10.8. The van der Waals surface area contributed by atoms with Gasteiger partial charge >= 0.3 is 6.03 Å². The maximum absolute atomic E-state index is 12.8. The van der Waals surface area contributed by atoms with E-state index in [-0.39, 0.29) is 24.3 Å². The molecular formula is C20H33ClN6O2. The number of piperazine rings is 1. The first-order chi connectivity index (χ1) is 13.7. The van der Waals surface area contributed by atoms with Gasteiger partial charge in [-0.1, -0.05) is 19.3 Å². The Morgan fingerprint density at radius 1 is 1.00 bits per heavy atom. The summed E-state index contributed by atoms with van der Waals surface area (Å²) in [5, 5.41) is 11.1. The lowest BCUT2D eigenvalue weighted by molar-refractivity contribution is 0.0655. The lowest BCUT2D eigenvalue weighted by atomic mass is 9.96. The fourth-order valence-corrected chi connectivity index (χ4v) is 4.50. The number of halogens is 1. The minimum Gasteiger partial charge on any atom is -0.335 e. The summed E-state index contributed by atoms with van der Waals surface area (Å²) in [5.41, 5.74) is 0.505. The fraction of sp³-hybridized carbons (Fsp3) is 0.750. The maximum Gasteiger partial charge on any atom is 0.317 e. The molecule has 9 heteroatoms. The third-order valence-corrected chi connectivity index (χ3v) is 6.26. The molecule has 29 heavy (non-hydrogen) atoms. The Morgan fingerprint density at radius 3 is 2.41 bits per heavy atom. The molecule has 1 aromatic rings. The molecule has 1 atom stereocenters. The first kappa shape index (κ1) is 21.9. The minimum absolute atomic E-state index is 0. The van der Waals surface area contributed by atoms with Gasteiger partial charge in [0.2, 0.25) is 0 Å². The van der Waals surface area contributed by atoms with E-state index in [4.69, 9.17) is 0 Å². The molecule has 8 nitrogen and oxygen atoms in total. The van der Waals surface area contributed by atoms with Gasteiger partial charge in [-0.2, -0.15) is 5.10 Å². The normalized spacial score (nSPS) is 23.4. The summed E-state index contributed by atoms with van der Waals surface area (Å²) in [5.74, 6) is -0.0325. The van der Waals surface area contributed by atoms with Gasteiger partial charge in [0.25, 0.3) is 5.91 Å². The lowest BCUT2D eigenvalue weighted by Crippen LogP contribution is -2.54. The standard InChI is InChI=1S/C20H32N6O2.ClH/c27-19(18-8-10-26(23-18)17-7-4-9-21-15-17)24-11-13-25(14-12-24)20(28)22-16-5-2-1-3-6-16;/h8,10,16-17,21H,1-7,9,11-15H2,(H,22,28);1H. The average molecular weight is 425 g/mol. The van der Waals surface area contributed by atoms with Crippen LogP contribution in [0.4, 0.5) is 4.79 Å². The van der Waals surface area contributed by atoms with Crippen molar-refractivity contribution in [3.8, 4) is 0 Å². The first-order valence-electron chi connectivity index (χ1n) is 10.8. The van der Waals surface area contributed by atoms with E-state index < -0.39 is 0 Å². The molecule has 0 bridgehead atoms. The summed E-state index contributed by atoms with van der Waals surface area (Å²) >= 11 is 0. The van der Waals surface area contributed by atoms with Gasteiger partial charge in [0.15, 0.2) is 0 Å². The van der Waals surface area contributed by atoms with Gasteiger partial charge in [-0.05, 0) is 38.3 Å². The zero-order valence-electron chi connectivity index (χ0n) is 17.0. The highest BCUT2D eigenvalue weighted by Crippen LogP contribution is 2.18. The van der Waals surface area contributed by atoms with Crippen LogP contribution in [0.15, 0.2) is 12.3 Å². The second-order valence-corrected chi connectivity index (χ2v) is 8.24. The molecular weight excluding hydrogens is 392 g/mol. The van der Waals surface area contributed by atoms with Crippen molar-refractivity contribution in [3.05, 3.63) is 18.0 Å². The second kappa shape index (κ2) is 10.3. The summed E-state index contributed by atoms with van der Waals surface area (Å²) in [6.45, 7) is 4.25. The molecule has 4 rings (SSSR count). The molecule has 1 saturated carbocycles. The van der Waals surface area contributed by atoms with Crippen LogP contribution in [0.1, 0.15) is 61.5 Å². The molecule has 1 aliphatic carbocycles. The van der Waals surface area contributed by atoms with Crippen molar-refractivity contribution in [2.75, 3.05) is 39.3 Å². The predicted octanol–water partition coefficient (Wildman–Crippen LogP) is 2.03. The van der Waals surface area contributed by atoms with E-state index in [2.05, 4.69) is 15.7 Å². The van der Waals surface area contributed by atoms with Crippen LogP contribution in [0, 0.1) is 0 Å². The number of urea groups is 1. The highest BCUT2D eigenvalue weighted by molar-refractivity contribution is 5.92. The molecule has 2 N–H and O–H groups in total. The minimum atomic E-state index is -0.0325. The number of hydrogen-bond donors (Lipinski definition) is 2. The second-order valence-electron chi connectivity index (χ2n) is 8.24. The van der Waals surface area contributed by atoms with Gasteiger partial charge in [0, 0.05) is 45.0 Å². The van der Waals surface area contributed by atoms with Crippen molar-refractivity contribution in [2.45, 2.75) is 57.0 Å². The quantitative estimate of drug-likeness (QED) is 0.777. The number of nitrogens with zero attached hydrogens (tertiary/aromatic N) is 4. The van der Waals surface area contributed by atoms with Gasteiger partial charge in [-0.25, -0.2) is 4.79 Å². The van der Waals surface area contributed by atoms with Crippen LogP contribution in [0.3, 0.4) is 0 Å². The summed E-state index contributed by atoms with van der Waals surface area (Å²) in [6.07, 6.45) is 10.0. The SMILES string of the molecule is Cl.O=C(NC1CCCCC1)N1CCN(C(=O)c2ccn(C3CCCNC3)n2)CC1. The monoisotopic (exact) mass is 424 g/mol. The number of amides is 3. The maximum atomic E-state index is 12.8. The van der Waals surface area contributed by atoms with Crippen LogP contribution in [0.5, 0.6) is 0 Å². The summed E-state index contributed by atoms with van der Waals surface area (Å²) in [7, 11) is 0. The van der Waals surface area contributed by atoms with Gasteiger partial charge in [0.1, 0.15) is 5.69 Å². The Bertz CT molecular complexity index is 676. The van der Waals surface area contributed by atoms with E-state index in [1.165, 1.54) is 19.3 Å². The molecule has 3 fully saturated rings. The van der Waals surface area contributed by atoms with Crippen LogP contribution in [-0.2, 0) is 0 Å². The van der Waals surface area contributed by atoms with Crippen molar-refractivity contribution in [2.24, 2.45) is 0 Å². The summed E-state index contributed by atoms with van der Waals surface area (Å²) < 4.78 is 1.92. The number of nitrogens with one attached hydrogen (secondary N) is 2. The molecule has 3 aliphatic rings. The highest BCUT2D eigenvalue weighted by Gasteiger charge is 2.28. The molecule has 1 aromatic heterocycles. The van der Waals surface area contributed by atoms with Crippen molar-refractivity contribution in [3.63, 3.8) is 0 Å². The van der Waals surface area contributed by atoms with Crippen molar-refractivity contribution >= 4 is 24.3 Å². The number of rotatable bonds is 3. The van der Waals surface area contributed by atoms with Crippen LogP contribution in [0.25, 0.3) is 0 Å². The molecule has 3 heterocycles. The van der Waals surface area contributed by atoms with Gasteiger partial charge < -0.3 is 20.4 Å². The Kier molecular flexibility index (Phi) is 7.77. The van der Waals surface area contributed by atoms with Gasteiger partial charge in [0.05, 0.1) is 6.04 Å². The number of carbonyl (C=O) groups is 2. The molecule has 3 amide bonds. The van der Waals surface area contributed by atoms with Crippen LogP contribution < -0.4 is 10.6 Å². The number of hydrogen-bond acceptors (Lipinski definition) is 4. The molecule has 2 saturated heterocycles. The van der Waals surface area contributed by atoms with Gasteiger partial charge in [-0.3, -0.25) is 9.48 Å². The van der Waals surface area contributed by atoms with E-state index in [0.717, 1.165) is 38.8 Å². The molecule has 2 aliphatic heterocycles. The summed E-state index contributed by atoms with van der Waals surface area (Å²) in [6, 6.07) is 2.49. The topological polar surface area (TPSA) is 82.5 Å². The zero-order valence-corrected chi connectivity index (χ0v) is 17.8. The van der Waals surface area contributed by atoms with Crippen molar-refractivity contribution < 1.29 is 9.59 Å². The van der Waals surface area contributed by atoms with Crippen molar-refractivity contribution in [1.29, 1.82) is 0 Å². The third-order valence-electron chi connectivity index (χ3n) is 6.26. The lowest BCUT2D eigenvalue weighted by Gasteiger charge is -2.35. The zero-order chi connectivity index (χ0) is 19.3. The van der Waals surface area contributed by atoms with E-state index in [1.54, 1.807) is 0 Å². The fourth-order valence-electron chi connectivity index (χ4n) is 4.50. The van der Waals surface area contributed by atoms with Crippen LogP contribution >= 0.6 is 12.4 Å². The Labute approximate surface area is 178 Å². The van der Waals surface area contributed by atoms with E-state index in [9.17, 15) is 9.59 Å². The van der Waals surface area contributed by atoms with Crippen molar-refractivity contribution in [1.82, 2.24) is 30.2 Å². The Hall–Kier alpha value is -1.80. The van der Waals surface area contributed by atoms with E-state index in [1.807, 2.05) is 26.7 Å². The largest absolute Gasteiger partial charge is 0.335 e. The van der Waals surface area contributed by atoms with Crippen LogP contribution in [-0.4, -0.2) is 76.8 Å². The number of piperidine rings is 1. The molecule has 0 aromatic carbocycles. The predicted molar refractivity (Wildman–Crippen MR) is 113 cm³/mol. The number of aromatic nitrogens is 2. The highest BCUT2D eigenvalue weighted by atomic mass is 35.5. The van der Waals surface area contributed by atoms with Gasteiger partial charge in [-0.15, -0.1) is 12.4 Å². The number of carbonyl (C=O) groups excluding carboxylic acids is 2. The molecule has 1 unspecified atom stereocenters. The molecule has 0 radical (unpaired) electrons. The van der Waals surface area contributed by atoms with E-state index >= 15 is 0 Å². The average Bonchev–Trinajstić information content (AvgIpc) is 3.25. The summed E-state index contributed by atoms with van der Waals surface area (Å²) in [4.78, 5) is 28.9. The third kappa shape index (κ3) is 5.42. The smallest absolute Gasteiger partial charge is 0.317 e.